The molecule has 2 aliphatic heterocycles. The summed E-state index contributed by atoms with van der Waals surface area (Å²) < 4.78 is 31.8. The van der Waals surface area contributed by atoms with Crippen molar-refractivity contribution < 1.29 is 13.2 Å². The Labute approximate surface area is 161 Å². The first-order valence-corrected chi connectivity index (χ1v) is 11.0. The molecule has 1 fully saturated rings. The van der Waals surface area contributed by atoms with Gasteiger partial charge in [0.1, 0.15) is 0 Å². The van der Waals surface area contributed by atoms with Crippen molar-refractivity contribution in [3.63, 3.8) is 0 Å². The van der Waals surface area contributed by atoms with Crippen LogP contribution in [0.3, 0.4) is 0 Å². The van der Waals surface area contributed by atoms with Gasteiger partial charge in [0.05, 0.1) is 34.4 Å². The summed E-state index contributed by atoms with van der Waals surface area (Å²) in [4.78, 5) is 5.46. The Morgan fingerprint density at radius 2 is 1.70 bits per heavy atom. The molecule has 2 aromatic carbocycles. The molecule has 2 aliphatic rings. The van der Waals surface area contributed by atoms with E-state index in [1.807, 2.05) is 32.0 Å². The molecule has 0 spiro atoms. The summed E-state index contributed by atoms with van der Waals surface area (Å²) in [5, 5.41) is 0. The summed E-state index contributed by atoms with van der Waals surface area (Å²) >= 11 is 0. The van der Waals surface area contributed by atoms with Gasteiger partial charge in [-0.25, -0.2) is 8.42 Å². The monoisotopic (exact) mass is 386 g/mol. The molecule has 0 N–H and O–H groups in total. The van der Waals surface area contributed by atoms with Crippen molar-refractivity contribution in [1.29, 1.82) is 0 Å². The highest BCUT2D eigenvalue weighted by molar-refractivity contribution is 7.92. The Morgan fingerprint density at radius 1 is 0.963 bits per heavy atom. The zero-order valence-corrected chi connectivity index (χ0v) is 16.8. The van der Waals surface area contributed by atoms with Crippen LogP contribution < -0.4 is 4.90 Å². The second-order valence-electron chi connectivity index (χ2n) is 7.28. The predicted octanol–water partition coefficient (Wildman–Crippen LogP) is 3.31. The fraction of sp³-hybridized carbons (Fsp3) is 0.429. The number of morpholine rings is 1. The predicted molar refractivity (Wildman–Crippen MR) is 107 cm³/mol. The molecule has 2 aromatic rings. The molecule has 0 amide bonds. The summed E-state index contributed by atoms with van der Waals surface area (Å²) in [5.41, 5.74) is 3.79. The fourth-order valence-corrected chi connectivity index (χ4v) is 5.70. The molecule has 5 nitrogen and oxygen atoms in total. The number of sulfone groups is 1. The molecule has 0 unspecified atom stereocenters. The average Bonchev–Trinajstić information content (AvgIpc) is 2.68. The first-order valence-electron chi connectivity index (χ1n) is 9.52. The third-order valence-corrected chi connectivity index (χ3v) is 7.46. The first kappa shape index (κ1) is 18.5. The van der Waals surface area contributed by atoms with Gasteiger partial charge in [-0.15, -0.1) is 0 Å². The molecule has 0 aromatic heterocycles. The van der Waals surface area contributed by atoms with Crippen molar-refractivity contribution in [2.75, 3.05) is 44.3 Å². The highest BCUT2D eigenvalue weighted by atomic mass is 32.2. The van der Waals surface area contributed by atoms with Gasteiger partial charge >= 0.3 is 0 Å². The second kappa shape index (κ2) is 7.26. The lowest BCUT2D eigenvalue weighted by molar-refractivity contribution is 0.0377. The second-order valence-corrected chi connectivity index (χ2v) is 9.17. The van der Waals surface area contributed by atoms with Crippen molar-refractivity contribution in [1.82, 2.24) is 4.90 Å². The van der Waals surface area contributed by atoms with Gasteiger partial charge in [0.2, 0.25) is 9.84 Å². The largest absolute Gasteiger partial charge is 0.379 e. The van der Waals surface area contributed by atoms with Crippen molar-refractivity contribution in [2.45, 2.75) is 30.1 Å². The van der Waals surface area contributed by atoms with Gasteiger partial charge in [-0.1, -0.05) is 18.2 Å². The van der Waals surface area contributed by atoms with Crippen LogP contribution in [0.15, 0.2) is 46.2 Å². The fourth-order valence-electron chi connectivity index (χ4n) is 3.98. The number of fused-ring (bicyclic) bond motifs is 2. The van der Waals surface area contributed by atoms with Crippen molar-refractivity contribution in [3.05, 3.63) is 47.5 Å². The van der Waals surface area contributed by atoms with Crippen molar-refractivity contribution in [2.24, 2.45) is 0 Å². The molecule has 27 heavy (non-hydrogen) atoms. The molecule has 0 bridgehead atoms. The minimum atomic E-state index is -3.49. The van der Waals surface area contributed by atoms with E-state index in [0.29, 0.717) is 9.79 Å². The number of nitrogens with zero attached hydrogens (tertiary/aromatic N) is 2. The lowest BCUT2D eigenvalue weighted by atomic mass is 10.1. The van der Waals surface area contributed by atoms with Crippen LogP contribution in [0.2, 0.25) is 0 Å². The minimum Gasteiger partial charge on any atom is -0.379 e. The van der Waals surface area contributed by atoms with Crippen LogP contribution >= 0.6 is 0 Å². The quantitative estimate of drug-likeness (QED) is 0.807. The van der Waals surface area contributed by atoms with E-state index in [1.54, 1.807) is 18.2 Å². The number of benzene rings is 2. The number of rotatable bonds is 4. The minimum absolute atomic E-state index is 0.409. The van der Waals surface area contributed by atoms with Crippen LogP contribution in [-0.4, -0.2) is 52.7 Å². The maximum absolute atomic E-state index is 13.2. The molecule has 1 saturated heterocycles. The molecule has 4 rings (SSSR count). The Hall–Kier alpha value is -1.89. The zero-order chi connectivity index (χ0) is 19.0. The van der Waals surface area contributed by atoms with Gasteiger partial charge in [0, 0.05) is 26.2 Å². The van der Waals surface area contributed by atoms with Crippen LogP contribution in [0, 0.1) is 13.8 Å². The summed E-state index contributed by atoms with van der Waals surface area (Å²) in [6, 6.07) is 11.0. The third kappa shape index (κ3) is 3.26. The molecule has 2 heterocycles. The van der Waals surface area contributed by atoms with Gasteiger partial charge in [0.15, 0.2) is 0 Å². The topological polar surface area (TPSA) is 49.9 Å². The molecule has 0 saturated carbocycles. The highest BCUT2D eigenvalue weighted by Gasteiger charge is 2.35. The third-order valence-electron chi connectivity index (χ3n) is 5.63. The Morgan fingerprint density at radius 3 is 2.48 bits per heavy atom. The maximum atomic E-state index is 13.2. The van der Waals surface area contributed by atoms with E-state index in [4.69, 9.17) is 4.74 Å². The lowest BCUT2D eigenvalue weighted by Crippen LogP contribution is -2.38. The van der Waals surface area contributed by atoms with E-state index in [2.05, 4.69) is 9.80 Å². The molecule has 6 heteroatoms. The average molecular weight is 387 g/mol. The van der Waals surface area contributed by atoms with Crippen LogP contribution in [0.25, 0.3) is 0 Å². The SMILES string of the molecule is Cc1ccc2c(c1C)N(CCCN1CCOCC1)c1ccccc1S2(=O)=O. The zero-order valence-electron chi connectivity index (χ0n) is 15.9. The Kier molecular flexibility index (Phi) is 4.97. The molecular formula is C21H26N2O3S. The summed E-state index contributed by atoms with van der Waals surface area (Å²) in [7, 11) is -3.49. The number of hydrogen-bond donors (Lipinski definition) is 0. The Balaban J connectivity index is 1.70. The normalized spacial score (nSPS) is 18.8. The molecular weight excluding hydrogens is 360 g/mol. The smallest absolute Gasteiger partial charge is 0.210 e. The van der Waals surface area contributed by atoms with Crippen molar-refractivity contribution >= 4 is 21.2 Å². The van der Waals surface area contributed by atoms with Gasteiger partial charge in [-0.3, -0.25) is 4.90 Å². The maximum Gasteiger partial charge on any atom is 0.210 e. The molecule has 144 valence electrons. The van der Waals surface area contributed by atoms with E-state index in [9.17, 15) is 8.42 Å². The number of ether oxygens (including phenoxy) is 1. The molecule has 0 aliphatic carbocycles. The van der Waals surface area contributed by atoms with Crippen LogP contribution in [0.1, 0.15) is 17.5 Å². The van der Waals surface area contributed by atoms with E-state index in [0.717, 1.165) is 68.3 Å². The van der Waals surface area contributed by atoms with Crippen LogP contribution in [0.5, 0.6) is 0 Å². The van der Waals surface area contributed by atoms with Crippen LogP contribution in [-0.2, 0) is 14.6 Å². The van der Waals surface area contributed by atoms with Gasteiger partial charge < -0.3 is 9.64 Å². The summed E-state index contributed by atoms with van der Waals surface area (Å²) in [6.07, 6.45) is 0.973. The summed E-state index contributed by atoms with van der Waals surface area (Å²) in [5.74, 6) is 0. The van der Waals surface area contributed by atoms with Crippen LogP contribution in [0.4, 0.5) is 11.4 Å². The van der Waals surface area contributed by atoms with Gasteiger partial charge in [-0.05, 0) is 49.6 Å². The number of para-hydroxylation sites is 1. The lowest BCUT2D eigenvalue weighted by Gasteiger charge is -2.35. The molecule has 0 atom stereocenters. The van der Waals surface area contributed by atoms with E-state index in [-0.39, 0.29) is 0 Å². The highest BCUT2D eigenvalue weighted by Crippen LogP contribution is 2.46. The molecule has 0 radical (unpaired) electrons. The first-order chi connectivity index (χ1) is 13.0. The Bertz CT molecular complexity index is 950. The van der Waals surface area contributed by atoms with Gasteiger partial charge in [-0.2, -0.15) is 0 Å². The van der Waals surface area contributed by atoms with Gasteiger partial charge in [0.25, 0.3) is 0 Å². The number of aryl methyl sites for hydroxylation is 1. The van der Waals surface area contributed by atoms with Crippen molar-refractivity contribution in [3.8, 4) is 0 Å². The number of anilines is 2. The van der Waals surface area contributed by atoms with E-state index < -0.39 is 9.84 Å². The number of hydrogen-bond acceptors (Lipinski definition) is 5. The van der Waals surface area contributed by atoms with E-state index >= 15 is 0 Å². The van der Waals surface area contributed by atoms with E-state index in [1.165, 1.54) is 0 Å². The summed E-state index contributed by atoms with van der Waals surface area (Å²) in [6.45, 7) is 9.38. The standard InChI is InChI=1S/C21H26N2O3S/c1-16-8-9-20-21(17(16)2)23(11-5-10-22-12-14-26-15-13-22)18-6-3-4-7-19(18)27(20,24)25/h3-4,6-9H,5,10-15H2,1-2H3.